The summed E-state index contributed by atoms with van der Waals surface area (Å²) < 4.78 is 16.1. The van der Waals surface area contributed by atoms with E-state index in [1.807, 2.05) is 12.1 Å². The molecule has 1 amide bonds. The SMILES string of the molecule is COc1ccc(CCC(=O)NC2CNCCC2C)c(OC)c1OC.Cl. The van der Waals surface area contributed by atoms with Gasteiger partial charge in [-0.15, -0.1) is 12.4 Å². The fraction of sp³-hybridized carbons (Fsp3) is 0.611. The summed E-state index contributed by atoms with van der Waals surface area (Å²) in [5.41, 5.74) is 0.931. The zero-order valence-corrected chi connectivity index (χ0v) is 16.2. The lowest BCUT2D eigenvalue weighted by atomic mass is 9.94. The molecule has 6 nitrogen and oxygen atoms in total. The highest BCUT2D eigenvalue weighted by Crippen LogP contribution is 2.40. The fourth-order valence-electron chi connectivity index (χ4n) is 3.07. The summed E-state index contributed by atoms with van der Waals surface area (Å²) in [6, 6.07) is 3.96. The van der Waals surface area contributed by atoms with Crippen molar-refractivity contribution in [1.82, 2.24) is 10.6 Å². The smallest absolute Gasteiger partial charge is 0.220 e. The molecule has 0 aromatic heterocycles. The van der Waals surface area contributed by atoms with E-state index in [9.17, 15) is 4.79 Å². The topological polar surface area (TPSA) is 68.8 Å². The van der Waals surface area contributed by atoms with Crippen LogP contribution in [0.5, 0.6) is 17.2 Å². The molecule has 2 atom stereocenters. The summed E-state index contributed by atoms with van der Waals surface area (Å²) in [6.45, 7) is 4.05. The van der Waals surface area contributed by atoms with E-state index in [0.717, 1.165) is 25.1 Å². The molecule has 0 spiro atoms. The number of benzene rings is 1. The van der Waals surface area contributed by atoms with E-state index < -0.39 is 0 Å². The molecule has 25 heavy (non-hydrogen) atoms. The number of carbonyl (C=O) groups excluding carboxylic acids is 1. The molecule has 2 N–H and O–H groups in total. The Morgan fingerprint density at radius 2 is 1.92 bits per heavy atom. The summed E-state index contributed by atoms with van der Waals surface area (Å²) in [6.07, 6.45) is 2.09. The predicted molar refractivity (Wildman–Crippen MR) is 100 cm³/mol. The van der Waals surface area contributed by atoms with E-state index in [0.29, 0.717) is 36.0 Å². The summed E-state index contributed by atoms with van der Waals surface area (Å²) in [7, 11) is 4.76. The molecule has 2 rings (SSSR count). The molecule has 1 aliphatic rings. The average Bonchev–Trinajstić information content (AvgIpc) is 2.60. The number of halogens is 1. The Kier molecular flexibility index (Phi) is 8.86. The normalized spacial score (nSPS) is 19.5. The van der Waals surface area contributed by atoms with Crippen LogP contribution in [0, 0.1) is 5.92 Å². The number of hydrogen-bond acceptors (Lipinski definition) is 5. The molecule has 0 bridgehead atoms. The third kappa shape index (κ3) is 5.41. The van der Waals surface area contributed by atoms with Crippen molar-refractivity contribution in [2.24, 2.45) is 5.92 Å². The van der Waals surface area contributed by atoms with Gasteiger partial charge in [-0.1, -0.05) is 13.0 Å². The van der Waals surface area contributed by atoms with Crippen molar-refractivity contribution in [2.45, 2.75) is 32.2 Å². The summed E-state index contributed by atoms with van der Waals surface area (Å²) in [5, 5.41) is 6.45. The van der Waals surface area contributed by atoms with Gasteiger partial charge in [-0.25, -0.2) is 0 Å². The molecule has 7 heteroatoms. The van der Waals surface area contributed by atoms with Crippen LogP contribution in [-0.2, 0) is 11.2 Å². The molecule has 142 valence electrons. The largest absolute Gasteiger partial charge is 0.493 e. The monoisotopic (exact) mass is 372 g/mol. The van der Waals surface area contributed by atoms with Crippen LogP contribution in [0.4, 0.5) is 0 Å². The van der Waals surface area contributed by atoms with Crippen LogP contribution in [0.2, 0.25) is 0 Å². The van der Waals surface area contributed by atoms with Crippen molar-refractivity contribution in [2.75, 3.05) is 34.4 Å². The molecule has 1 aromatic carbocycles. The van der Waals surface area contributed by atoms with Crippen molar-refractivity contribution in [1.29, 1.82) is 0 Å². The molecule has 1 aliphatic heterocycles. The number of piperidine rings is 1. The third-order valence-corrected chi connectivity index (χ3v) is 4.58. The van der Waals surface area contributed by atoms with Crippen LogP contribution in [0.25, 0.3) is 0 Å². The Bertz CT molecular complexity index is 568. The molecular formula is C18H29ClN2O4. The van der Waals surface area contributed by atoms with Gasteiger partial charge in [0.05, 0.1) is 21.3 Å². The second-order valence-electron chi connectivity index (χ2n) is 6.14. The number of methoxy groups -OCH3 is 3. The predicted octanol–water partition coefficient (Wildman–Crippen LogP) is 2.18. The molecule has 1 aromatic rings. The molecular weight excluding hydrogens is 344 g/mol. The molecule has 2 unspecified atom stereocenters. The Balaban J connectivity index is 0.00000312. The molecule has 0 saturated carbocycles. The molecule has 1 fully saturated rings. The van der Waals surface area contributed by atoms with Crippen molar-refractivity contribution in [3.05, 3.63) is 17.7 Å². The van der Waals surface area contributed by atoms with E-state index in [4.69, 9.17) is 14.2 Å². The number of aryl methyl sites for hydroxylation is 1. The lowest BCUT2D eigenvalue weighted by Crippen LogP contribution is -2.50. The second kappa shape index (κ2) is 10.4. The van der Waals surface area contributed by atoms with Crippen molar-refractivity contribution >= 4 is 18.3 Å². The maximum absolute atomic E-state index is 12.3. The van der Waals surface area contributed by atoms with Crippen molar-refractivity contribution in [3.63, 3.8) is 0 Å². The van der Waals surface area contributed by atoms with E-state index in [1.54, 1.807) is 21.3 Å². The molecule has 0 radical (unpaired) electrons. The highest BCUT2D eigenvalue weighted by molar-refractivity contribution is 5.85. The second-order valence-corrected chi connectivity index (χ2v) is 6.14. The summed E-state index contributed by atoms with van der Waals surface area (Å²) in [4.78, 5) is 12.3. The van der Waals surface area contributed by atoms with Crippen LogP contribution < -0.4 is 24.8 Å². The van der Waals surface area contributed by atoms with E-state index in [2.05, 4.69) is 17.6 Å². The zero-order chi connectivity index (χ0) is 17.5. The average molecular weight is 373 g/mol. The zero-order valence-electron chi connectivity index (χ0n) is 15.4. The first-order chi connectivity index (χ1) is 11.6. The van der Waals surface area contributed by atoms with Gasteiger partial charge in [0.2, 0.25) is 11.7 Å². The van der Waals surface area contributed by atoms with Crippen molar-refractivity contribution in [3.8, 4) is 17.2 Å². The number of hydrogen-bond donors (Lipinski definition) is 2. The van der Waals surface area contributed by atoms with Gasteiger partial charge in [-0.05, 0) is 36.9 Å². The minimum atomic E-state index is 0. The Hall–Kier alpha value is -1.66. The maximum atomic E-state index is 12.3. The number of ether oxygens (including phenoxy) is 3. The fourth-order valence-corrected chi connectivity index (χ4v) is 3.07. The van der Waals surface area contributed by atoms with Gasteiger partial charge in [-0.3, -0.25) is 4.79 Å². The Labute approximate surface area is 156 Å². The summed E-state index contributed by atoms with van der Waals surface area (Å²) in [5.74, 6) is 2.36. The molecule has 0 aliphatic carbocycles. The first-order valence-electron chi connectivity index (χ1n) is 8.38. The molecule has 1 heterocycles. The lowest BCUT2D eigenvalue weighted by molar-refractivity contribution is -0.122. The van der Waals surface area contributed by atoms with Crippen LogP contribution in [-0.4, -0.2) is 46.4 Å². The van der Waals surface area contributed by atoms with Crippen LogP contribution in [0.3, 0.4) is 0 Å². The van der Waals surface area contributed by atoms with Gasteiger partial charge in [0.1, 0.15) is 0 Å². The van der Waals surface area contributed by atoms with E-state index in [-0.39, 0.29) is 24.4 Å². The highest BCUT2D eigenvalue weighted by Gasteiger charge is 2.23. The maximum Gasteiger partial charge on any atom is 0.220 e. The van der Waals surface area contributed by atoms with Crippen LogP contribution in [0.1, 0.15) is 25.3 Å². The van der Waals surface area contributed by atoms with E-state index in [1.165, 1.54) is 0 Å². The Morgan fingerprint density at radius 3 is 2.52 bits per heavy atom. The highest BCUT2D eigenvalue weighted by atomic mass is 35.5. The van der Waals surface area contributed by atoms with Gasteiger partial charge in [-0.2, -0.15) is 0 Å². The number of rotatable bonds is 7. The first-order valence-corrected chi connectivity index (χ1v) is 8.38. The first kappa shape index (κ1) is 21.4. The van der Waals surface area contributed by atoms with Gasteiger partial charge in [0.25, 0.3) is 0 Å². The number of nitrogens with one attached hydrogen (secondary N) is 2. The number of amides is 1. The van der Waals surface area contributed by atoms with Crippen LogP contribution in [0.15, 0.2) is 12.1 Å². The lowest BCUT2D eigenvalue weighted by Gasteiger charge is -2.30. The Morgan fingerprint density at radius 1 is 1.20 bits per heavy atom. The van der Waals surface area contributed by atoms with Gasteiger partial charge in [0, 0.05) is 19.0 Å². The number of carbonyl (C=O) groups is 1. The quantitative estimate of drug-likeness (QED) is 0.767. The van der Waals surface area contributed by atoms with Gasteiger partial charge in [0.15, 0.2) is 11.5 Å². The minimum Gasteiger partial charge on any atom is -0.493 e. The van der Waals surface area contributed by atoms with Gasteiger partial charge >= 0.3 is 0 Å². The van der Waals surface area contributed by atoms with Gasteiger partial charge < -0.3 is 24.8 Å². The summed E-state index contributed by atoms with van der Waals surface area (Å²) >= 11 is 0. The standard InChI is InChI=1S/C18H28N2O4.ClH/c1-12-9-10-19-11-14(12)20-16(21)8-6-13-5-7-15(22-2)18(24-4)17(13)23-3;/h5,7,12,14,19H,6,8-11H2,1-4H3,(H,20,21);1H. The van der Waals surface area contributed by atoms with E-state index >= 15 is 0 Å². The minimum absolute atomic E-state index is 0. The van der Waals surface area contributed by atoms with Crippen molar-refractivity contribution < 1.29 is 19.0 Å². The molecule has 1 saturated heterocycles. The van der Waals surface area contributed by atoms with Crippen LogP contribution >= 0.6 is 12.4 Å². The third-order valence-electron chi connectivity index (χ3n) is 4.58.